The van der Waals surface area contributed by atoms with Crippen LogP contribution in [0, 0.1) is 0 Å². The first-order chi connectivity index (χ1) is 10.2. The number of nitrogens with one attached hydrogen (secondary N) is 1. The van der Waals surface area contributed by atoms with Gasteiger partial charge in [0, 0.05) is 17.8 Å². The van der Waals surface area contributed by atoms with Gasteiger partial charge in [-0.3, -0.25) is 4.79 Å². The zero-order valence-electron chi connectivity index (χ0n) is 12.8. The molecule has 6 heteroatoms. The number of thioether (sulfide) groups is 1. The molecule has 0 amide bonds. The van der Waals surface area contributed by atoms with Gasteiger partial charge >= 0.3 is 0 Å². The largest absolute Gasteiger partial charge is 0.380 e. The van der Waals surface area contributed by atoms with E-state index < -0.39 is 0 Å². The molecule has 2 unspecified atom stereocenters. The number of anilines is 1. The molecule has 0 radical (unpaired) electrons. The third kappa shape index (κ3) is 4.39. The fourth-order valence-corrected chi connectivity index (χ4v) is 4.05. The Morgan fingerprint density at radius 3 is 3.00 bits per heavy atom. The normalized spacial score (nSPS) is 21.7. The summed E-state index contributed by atoms with van der Waals surface area (Å²) >= 11 is 8.23. The second-order valence-corrected chi connectivity index (χ2v) is 7.44. The van der Waals surface area contributed by atoms with Crippen molar-refractivity contribution in [1.29, 1.82) is 0 Å². The van der Waals surface area contributed by atoms with Gasteiger partial charge in [0.1, 0.15) is 5.02 Å². The lowest BCUT2D eigenvalue weighted by molar-refractivity contribution is 0.543. The van der Waals surface area contributed by atoms with Crippen molar-refractivity contribution >= 4 is 29.1 Å². The van der Waals surface area contributed by atoms with E-state index >= 15 is 0 Å². The van der Waals surface area contributed by atoms with Gasteiger partial charge < -0.3 is 5.32 Å². The van der Waals surface area contributed by atoms with Crippen LogP contribution in [0.5, 0.6) is 0 Å². The molecule has 0 saturated heterocycles. The van der Waals surface area contributed by atoms with Crippen molar-refractivity contribution in [2.45, 2.75) is 63.8 Å². The third-order valence-corrected chi connectivity index (χ3v) is 5.45. The minimum absolute atomic E-state index is 0.187. The first-order valence-electron chi connectivity index (χ1n) is 7.79. The van der Waals surface area contributed by atoms with Gasteiger partial charge in [0.15, 0.2) is 0 Å². The molecule has 0 bridgehead atoms. The van der Waals surface area contributed by atoms with Crippen molar-refractivity contribution in [3.63, 3.8) is 0 Å². The lowest BCUT2D eigenvalue weighted by Crippen LogP contribution is -2.26. The van der Waals surface area contributed by atoms with Gasteiger partial charge in [-0.2, -0.15) is 16.9 Å². The number of unbranched alkanes of at least 4 members (excludes halogenated alkanes) is 1. The Hall–Kier alpha value is -0.680. The summed E-state index contributed by atoms with van der Waals surface area (Å²) in [6.07, 6.45) is 7.16. The van der Waals surface area contributed by atoms with E-state index in [-0.39, 0.29) is 10.6 Å². The molecule has 0 aliphatic heterocycles. The highest BCUT2D eigenvalue weighted by Gasteiger charge is 2.25. The number of rotatable bonds is 7. The molecular formula is C15H24ClN3OS. The average Bonchev–Trinajstić information content (AvgIpc) is 2.91. The number of aryl methyl sites for hydroxylation is 1. The lowest BCUT2D eigenvalue weighted by Gasteiger charge is -2.16. The highest BCUT2D eigenvalue weighted by molar-refractivity contribution is 7.99. The van der Waals surface area contributed by atoms with Crippen molar-refractivity contribution in [2.75, 3.05) is 11.1 Å². The van der Waals surface area contributed by atoms with E-state index in [1.807, 2.05) is 11.8 Å². The van der Waals surface area contributed by atoms with E-state index in [0.717, 1.165) is 36.7 Å². The van der Waals surface area contributed by atoms with Gasteiger partial charge in [-0.15, -0.1) is 0 Å². The Labute approximate surface area is 135 Å². The van der Waals surface area contributed by atoms with Crippen LogP contribution in [0.2, 0.25) is 5.02 Å². The quantitative estimate of drug-likeness (QED) is 0.827. The van der Waals surface area contributed by atoms with Crippen molar-refractivity contribution in [2.24, 2.45) is 0 Å². The topological polar surface area (TPSA) is 46.9 Å². The molecule has 4 nitrogen and oxygen atoms in total. The molecule has 2 atom stereocenters. The molecule has 0 aromatic carbocycles. The zero-order chi connectivity index (χ0) is 15.2. The molecule has 21 heavy (non-hydrogen) atoms. The third-order valence-electron chi connectivity index (χ3n) is 3.85. The van der Waals surface area contributed by atoms with Crippen LogP contribution >= 0.6 is 23.4 Å². The van der Waals surface area contributed by atoms with Crippen molar-refractivity contribution in [1.82, 2.24) is 9.78 Å². The van der Waals surface area contributed by atoms with E-state index in [4.69, 9.17) is 11.6 Å². The second-order valence-electron chi connectivity index (χ2n) is 5.49. The first kappa shape index (κ1) is 16.7. The van der Waals surface area contributed by atoms with Crippen LogP contribution in [-0.4, -0.2) is 26.8 Å². The summed E-state index contributed by atoms with van der Waals surface area (Å²) < 4.78 is 1.46. The maximum atomic E-state index is 12.2. The average molecular weight is 330 g/mol. The molecule has 1 heterocycles. The van der Waals surface area contributed by atoms with Crippen LogP contribution in [0.4, 0.5) is 5.69 Å². The fourth-order valence-electron chi connectivity index (χ4n) is 2.71. The van der Waals surface area contributed by atoms with Gasteiger partial charge in [0.05, 0.1) is 11.9 Å². The standard InChI is InChI=1S/C15H24ClN3OS/c1-3-5-8-19-15(20)14(16)13(10-17-19)18-11-6-7-12(9-11)21-4-2/h10-12,18H,3-9H2,1-2H3. The number of aromatic nitrogens is 2. The molecule has 1 N–H and O–H groups in total. The predicted octanol–water partition coefficient (Wildman–Crippen LogP) is 3.78. The maximum Gasteiger partial charge on any atom is 0.287 e. The minimum Gasteiger partial charge on any atom is -0.380 e. The molecule has 118 valence electrons. The van der Waals surface area contributed by atoms with E-state index in [0.29, 0.717) is 18.3 Å². The minimum atomic E-state index is -0.187. The Morgan fingerprint density at radius 1 is 1.48 bits per heavy atom. The first-order valence-corrected chi connectivity index (χ1v) is 9.22. The summed E-state index contributed by atoms with van der Waals surface area (Å²) in [7, 11) is 0. The predicted molar refractivity (Wildman–Crippen MR) is 91.6 cm³/mol. The number of nitrogens with zero attached hydrogens (tertiary/aromatic N) is 2. The molecule has 2 rings (SSSR count). The molecule has 1 aliphatic rings. The monoisotopic (exact) mass is 329 g/mol. The number of hydrogen-bond donors (Lipinski definition) is 1. The van der Waals surface area contributed by atoms with Crippen LogP contribution in [0.1, 0.15) is 46.0 Å². The van der Waals surface area contributed by atoms with E-state index in [2.05, 4.69) is 24.3 Å². The molecule has 0 spiro atoms. The summed E-state index contributed by atoms with van der Waals surface area (Å²) in [4.78, 5) is 12.2. The van der Waals surface area contributed by atoms with Gasteiger partial charge in [0.2, 0.25) is 0 Å². The maximum absolute atomic E-state index is 12.2. The Morgan fingerprint density at radius 2 is 2.29 bits per heavy atom. The van der Waals surface area contributed by atoms with Gasteiger partial charge in [-0.1, -0.05) is 31.9 Å². The van der Waals surface area contributed by atoms with Crippen LogP contribution in [0.15, 0.2) is 11.0 Å². The van der Waals surface area contributed by atoms with Gasteiger partial charge in [0.25, 0.3) is 5.56 Å². The number of halogens is 1. The summed E-state index contributed by atoms with van der Waals surface area (Å²) in [6.45, 7) is 4.92. The molecule has 1 saturated carbocycles. The highest BCUT2D eigenvalue weighted by atomic mass is 35.5. The summed E-state index contributed by atoms with van der Waals surface area (Å²) in [5.74, 6) is 1.16. The van der Waals surface area contributed by atoms with Crippen molar-refractivity contribution in [3.8, 4) is 0 Å². The van der Waals surface area contributed by atoms with Crippen LogP contribution in [0.3, 0.4) is 0 Å². The zero-order valence-corrected chi connectivity index (χ0v) is 14.3. The Kier molecular flexibility index (Phi) is 6.42. The molecule has 1 fully saturated rings. The molecule has 1 aromatic rings. The second kappa shape index (κ2) is 8.08. The lowest BCUT2D eigenvalue weighted by atomic mass is 10.2. The van der Waals surface area contributed by atoms with Gasteiger partial charge in [-0.25, -0.2) is 4.68 Å². The summed E-state index contributed by atoms with van der Waals surface area (Å²) in [6, 6.07) is 0.402. The van der Waals surface area contributed by atoms with Crippen molar-refractivity contribution in [3.05, 3.63) is 21.6 Å². The SMILES string of the molecule is CCCCn1ncc(NC2CCC(SCC)C2)c(Cl)c1=O. The molecule has 1 aromatic heterocycles. The Balaban J connectivity index is 2.01. The Bertz CT molecular complexity index is 520. The summed E-state index contributed by atoms with van der Waals surface area (Å²) in [5.41, 5.74) is 0.495. The fraction of sp³-hybridized carbons (Fsp3) is 0.733. The van der Waals surface area contributed by atoms with Crippen molar-refractivity contribution < 1.29 is 0 Å². The van der Waals surface area contributed by atoms with E-state index in [1.165, 1.54) is 11.1 Å². The summed E-state index contributed by atoms with van der Waals surface area (Å²) in [5, 5.41) is 8.62. The van der Waals surface area contributed by atoms with E-state index in [1.54, 1.807) is 6.20 Å². The smallest absolute Gasteiger partial charge is 0.287 e. The number of hydrogen-bond acceptors (Lipinski definition) is 4. The highest BCUT2D eigenvalue weighted by Crippen LogP contribution is 2.32. The van der Waals surface area contributed by atoms with Gasteiger partial charge in [-0.05, 0) is 31.4 Å². The van der Waals surface area contributed by atoms with E-state index in [9.17, 15) is 4.79 Å². The molecular weight excluding hydrogens is 306 g/mol. The van der Waals surface area contributed by atoms with Crippen LogP contribution in [0.25, 0.3) is 0 Å². The van der Waals surface area contributed by atoms with Crippen LogP contribution in [-0.2, 0) is 6.54 Å². The molecule has 1 aliphatic carbocycles. The van der Waals surface area contributed by atoms with Crippen LogP contribution < -0.4 is 10.9 Å².